The summed E-state index contributed by atoms with van der Waals surface area (Å²) < 4.78 is 16.6. The molecule has 1 aromatic carbocycles. The number of carbonyl (C=O) groups is 1. The Bertz CT molecular complexity index is 653. The molecule has 0 aliphatic carbocycles. The summed E-state index contributed by atoms with van der Waals surface area (Å²) in [5, 5.41) is 9.36. The summed E-state index contributed by atoms with van der Waals surface area (Å²) in [4.78, 5) is 10.8. The maximum atomic E-state index is 10.8. The van der Waals surface area contributed by atoms with E-state index in [0.717, 1.165) is 15.8 Å². The average Bonchev–Trinajstić information content (AvgIpc) is 2.94. The van der Waals surface area contributed by atoms with E-state index in [-0.39, 0.29) is 5.76 Å². The van der Waals surface area contributed by atoms with E-state index in [4.69, 9.17) is 19.0 Å². The minimum Gasteiger partial charge on any atom is -0.496 e. The van der Waals surface area contributed by atoms with Crippen LogP contribution in [0.1, 0.15) is 16.1 Å². The summed E-state index contributed by atoms with van der Waals surface area (Å²) >= 11 is 4.79. The van der Waals surface area contributed by atoms with E-state index in [2.05, 4.69) is 15.9 Å². The second-order valence-electron chi connectivity index (χ2n) is 4.01. The van der Waals surface area contributed by atoms with Gasteiger partial charge in [0, 0.05) is 11.3 Å². The number of methoxy groups -OCH3 is 2. The molecule has 0 spiro atoms. The molecule has 0 unspecified atom stereocenters. The quantitative estimate of drug-likeness (QED) is 0.771. The zero-order chi connectivity index (χ0) is 15.4. The molecule has 0 bridgehead atoms. The summed E-state index contributed by atoms with van der Waals surface area (Å²) in [5.74, 6) is 0.846. The highest BCUT2D eigenvalue weighted by molar-refractivity contribution is 9.10. The van der Waals surface area contributed by atoms with Crippen molar-refractivity contribution in [2.24, 2.45) is 0 Å². The molecule has 0 amide bonds. The Morgan fingerprint density at radius 3 is 2.57 bits per heavy atom. The molecule has 0 saturated heterocycles. The van der Waals surface area contributed by atoms with Gasteiger partial charge in [0.25, 0.3) is 0 Å². The number of carboxylic acids is 1. The molecular weight excluding hydrogens is 360 g/mol. The SMILES string of the molecule is COc1cc(CSc2ccc(C(=O)O)o2)c(OC)cc1Br. The van der Waals surface area contributed by atoms with Crippen LogP contribution in [-0.4, -0.2) is 25.3 Å². The zero-order valence-corrected chi connectivity index (χ0v) is 13.8. The van der Waals surface area contributed by atoms with Crippen LogP contribution in [0.4, 0.5) is 0 Å². The molecule has 1 heterocycles. The van der Waals surface area contributed by atoms with Gasteiger partial charge in [-0.1, -0.05) is 11.8 Å². The minimum absolute atomic E-state index is 0.0714. The van der Waals surface area contributed by atoms with Crippen molar-refractivity contribution in [3.05, 3.63) is 40.1 Å². The van der Waals surface area contributed by atoms with Crippen LogP contribution >= 0.6 is 27.7 Å². The highest BCUT2D eigenvalue weighted by atomic mass is 79.9. The van der Waals surface area contributed by atoms with Crippen molar-refractivity contribution in [2.75, 3.05) is 14.2 Å². The highest BCUT2D eigenvalue weighted by Crippen LogP contribution is 2.36. The second kappa shape index (κ2) is 6.91. The summed E-state index contributed by atoms with van der Waals surface area (Å²) in [5.41, 5.74) is 0.927. The number of thioether (sulfide) groups is 1. The average molecular weight is 373 g/mol. The predicted molar refractivity (Wildman–Crippen MR) is 82.5 cm³/mol. The Hall–Kier alpha value is -1.60. The molecule has 21 heavy (non-hydrogen) atoms. The molecule has 0 aliphatic heterocycles. The summed E-state index contributed by atoms with van der Waals surface area (Å²) in [7, 11) is 3.19. The van der Waals surface area contributed by atoms with E-state index in [1.165, 1.54) is 17.8 Å². The molecule has 0 fully saturated rings. The lowest BCUT2D eigenvalue weighted by molar-refractivity contribution is 0.0656. The first-order chi connectivity index (χ1) is 10.0. The lowest BCUT2D eigenvalue weighted by atomic mass is 10.2. The number of carboxylic acid groups (broad SMARTS) is 1. The zero-order valence-electron chi connectivity index (χ0n) is 11.4. The summed E-state index contributed by atoms with van der Waals surface area (Å²) in [6, 6.07) is 6.78. The smallest absolute Gasteiger partial charge is 0.371 e. The Morgan fingerprint density at radius 2 is 2.00 bits per heavy atom. The van der Waals surface area contributed by atoms with Crippen molar-refractivity contribution < 1.29 is 23.8 Å². The molecule has 112 valence electrons. The third-order valence-electron chi connectivity index (χ3n) is 2.72. The van der Waals surface area contributed by atoms with Crippen molar-refractivity contribution in [2.45, 2.75) is 10.8 Å². The van der Waals surface area contributed by atoms with Gasteiger partial charge in [0.15, 0.2) is 5.09 Å². The fourth-order valence-electron chi connectivity index (χ4n) is 1.70. The van der Waals surface area contributed by atoms with E-state index >= 15 is 0 Å². The minimum atomic E-state index is -1.08. The van der Waals surface area contributed by atoms with Crippen LogP contribution in [0, 0.1) is 0 Å². The third kappa shape index (κ3) is 3.74. The monoisotopic (exact) mass is 372 g/mol. The van der Waals surface area contributed by atoms with Crippen molar-refractivity contribution >= 4 is 33.7 Å². The van der Waals surface area contributed by atoms with Gasteiger partial charge >= 0.3 is 5.97 Å². The van der Waals surface area contributed by atoms with Crippen molar-refractivity contribution in [1.82, 2.24) is 0 Å². The van der Waals surface area contributed by atoms with Crippen LogP contribution < -0.4 is 9.47 Å². The van der Waals surface area contributed by atoms with Gasteiger partial charge < -0.3 is 19.0 Å². The lowest BCUT2D eigenvalue weighted by Crippen LogP contribution is -1.94. The normalized spacial score (nSPS) is 10.4. The summed E-state index contributed by atoms with van der Waals surface area (Å²) in [6.45, 7) is 0. The van der Waals surface area contributed by atoms with E-state index in [9.17, 15) is 4.79 Å². The Kier molecular flexibility index (Phi) is 5.19. The molecule has 5 nitrogen and oxygen atoms in total. The van der Waals surface area contributed by atoms with Crippen molar-refractivity contribution in [3.63, 3.8) is 0 Å². The second-order valence-corrected chi connectivity index (χ2v) is 5.85. The first-order valence-corrected chi connectivity index (χ1v) is 7.69. The van der Waals surface area contributed by atoms with Crippen molar-refractivity contribution in [3.8, 4) is 11.5 Å². The fourth-order valence-corrected chi connectivity index (χ4v) is 3.02. The number of hydrogen-bond donors (Lipinski definition) is 1. The molecule has 0 saturated carbocycles. The number of ether oxygens (including phenoxy) is 2. The van der Waals surface area contributed by atoms with Crippen LogP contribution in [0.25, 0.3) is 0 Å². The van der Waals surface area contributed by atoms with Crippen LogP contribution in [0.5, 0.6) is 11.5 Å². The van der Waals surface area contributed by atoms with Crippen LogP contribution in [-0.2, 0) is 5.75 Å². The van der Waals surface area contributed by atoms with Crippen LogP contribution in [0.2, 0.25) is 0 Å². The van der Waals surface area contributed by atoms with Gasteiger partial charge in [0.2, 0.25) is 5.76 Å². The van der Waals surface area contributed by atoms with Crippen LogP contribution in [0.3, 0.4) is 0 Å². The van der Waals surface area contributed by atoms with E-state index < -0.39 is 5.97 Å². The maximum Gasteiger partial charge on any atom is 0.371 e. The number of hydrogen-bond acceptors (Lipinski definition) is 5. The van der Waals surface area contributed by atoms with Gasteiger partial charge in [0.05, 0.1) is 18.7 Å². The van der Waals surface area contributed by atoms with Gasteiger partial charge in [0.1, 0.15) is 11.5 Å². The molecule has 0 atom stereocenters. The Balaban J connectivity index is 2.16. The van der Waals surface area contributed by atoms with Gasteiger partial charge in [-0.3, -0.25) is 0 Å². The molecule has 1 N–H and O–H groups in total. The van der Waals surface area contributed by atoms with Crippen molar-refractivity contribution in [1.29, 1.82) is 0 Å². The van der Waals surface area contributed by atoms with Gasteiger partial charge in [-0.15, -0.1) is 0 Å². The van der Waals surface area contributed by atoms with Gasteiger partial charge in [-0.2, -0.15) is 0 Å². The van der Waals surface area contributed by atoms with E-state index in [1.54, 1.807) is 20.3 Å². The van der Waals surface area contributed by atoms with E-state index in [0.29, 0.717) is 16.6 Å². The molecule has 0 radical (unpaired) electrons. The third-order valence-corrected chi connectivity index (χ3v) is 4.30. The lowest BCUT2D eigenvalue weighted by Gasteiger charge is -2.11. The van der Waals surface area contributed by atoms with Gasteiger partial charge in [-0.05, 0) is 40.2 Å². The molecule has 2 aromatic rings. The number of rotatable bonds is 6. The van der Waals surface area contributed by atoms with Gasteiger partial charge in [-0.25, -0.2) is 4.79 Å². The Labute approximate surface area is 134 Å². The first-order valence-electron chi connectivity index (χ1n) is 5.91. The topological polar surface area (TPSA) is 68.9 Å². The summed E-state index contributed by atoms with van der Waals surface area (Å²) in [6.07, 6.45) is 0. The predicted octanol–water partition coefficient (Wildman–Crippen LogP) is 4.05. The first kappa shape index (κ1) is 15.8. The number of benzene rings is 1. The molecule has 1 aromatic heterocycles. The van der Waals surface area contributed by atoms with E-state index in [1.807, 2.05) is 12.1 Å². The fraction of sp³-hybridized carbons (Fsp3) is 0.214. The Morgan fingerprint density at radius 1 is 1.29 bits per heavy atom. The highest BCUT2D eigenvalue weighted by Gasteiger charge is 2.13. The number of furan rings is 1. The molecule has 0 aliphatic rings. The molecule has 7 heteroatoms. The number of halogens is 1. The van der Waals surface area contributed by atoms with Crippen LogP contribution in [0.15, 0.2) is 38.2 Å². The molecular formula is C14H13BrO5S. The largest absolute Gasteiger partial charge is 0.496 e. The standard InChI is InChI=1S/C14H13BrO5S/c1-18-11-6-9(15)12(19-2)5-8(11)7-21-13-4-3-10(20-13)14(16)17/h3-6H,7H2,1-2H3,(H,16,17). The molecule has 2 rings (SSSR count). The number of aromatic carboxylic acids is 1. The maximum absolute atomic E-state index is 10.8.